The summed E-state index contributed by atoms with van der Waals surface area (Å²) >= 11 is 0. The summed E-state index contributed by atoms with van der Waals surface area (Å²) in [6.45, 7) is 4.33. The van der Waals surface area contributed by atoms with Crippen molar-refractivity contribution in [2.75, 3.05) is 0 Å². The second kappa shape index (κ2) is 16.4. The molecule has 4 nitrogen and oxygen atoms in total. The fourth-order valence-electron chi connectivity index (χ4n) is 9.51. The SMILES string of the molecule is Cc1ccc2c3ccc(C)cc3n(-c3ccc(-c4cccc([Si](c5ccccc5)(c5ccccc5)c5ccccc5)c4)cc3-c3nc(-c4ccccc4)nc(-c4ccccc4)n3)c2c1. The van der Waals surface area contributed by atoms with Gasteiger partial charge in [-0.15, -0.1) is 0 Å². The Morgan fingerprint density at radius 3 is 1.22 bits per heavy atom. The number of aromatic nitrogens is 4. The Morgan fingerprint density at radius 1 is 0.328 bits per heavy atom. The third-order valence-electron chi connectivity index (χ3n) is 12.5. The average Bonchev–Trinajstić information content (AvgIpc) is 3.67. The molecule has 11 rings (SSSR count). The minimum absolute atomic E-state index is 0.609. The predicted molar refractivity (Wildman–Crippen MR) is 269 cm³/mol. The summed E-state index contributed by atoms with van der Waals surface area (Å²) in [6, 6.07) is 83.4. The molecule has 5 heteroatoms. The molecule has 2 heterocycles. The third kappa shape index (κ3) is 6.83. The predicted octanol–water partition coefficient (Wildman–Crippen LogP) is 11.6. The second-order valence-corrected chi connectivity index (χ2v) is 20.4. The summed E-state index contributed by atoms with van der Waals surface area (Å²) in [5, 5.41) is 7.74. The zero-order valence-corrected chi connectivity index (χ0v) is 36.7. The lowest BCUT2D eigenvalue weighted by Gasteiger charge is -2.34. The molecule has 0 aliphatic carbocycles. The van der Waals surface area contributed by atoms with Gasteiger partial charge >= 0.3 is 0 Å². The van der Waals surface area contributed by atoms with E-state index < -0.39 is 8.07 Å². The summed E-state index contributed by atoms with van der Waals surface area (Å²) in [4.78, 5) is 15.8. The van der Waals surface area contributed by atoms with Gasteiger partial charge in [-0.05, 0) is 81.1 Å². The minimum atomic E-state index is -2.80. The van der Waals surface area contributed by atoms with E-state index in [1.54, 1.807) is 0 Å². The zero-order valence-electron chi connectivity index (χ0n) is 35.7. The van der Waals surface area contributed by atoms with E-state index in [2.05, 4.69) is 213 Å². The summed E-state index contributed by atoms with van der Waals surface area (Å²) in [6.07, 6.45) is 0. The number of rotatable bonds is 9. The average molecular weight is 837 g/mol. The van der Waals surface area contributed by atoms with Crippen molar-refractivity contribution in [1.29, 1.82) is 0 Å². The summed E-state index contributed by atoms with van der Waals surface area (Å²) in [7, 11) is -2.80. The Bertz CT molecular complexity index is 3230. The molecule has 304 valence electrons. The Labute approximate surface area is 374 Å². The number of fused-ring (bicyclic) bond motifs is 3. The molecule has 0 fully saturated rings. The summed E-state index contributed by atoms with van der Waals surface area (Å²) < 4.78 is 2.41. The molecule has 0 saturated carbocycles. The highest BCUT2D eigenvalue weighted by Crippen LogP contribution is 2.39. The van der Waals surface area contributed by atoms with Crippen LogP contribution >= 0.6 is 0 Å². The smallest absolute Gasteiger partial charge is 0.179 e. The van der Waals surface area contributed by atoms with E-state index >= 15 is 0 Å². The topological polar surface area (TPSA) is 43.6 Å². The van der Waals surface area contributed by atoms with Gasteiger partial charge in [-0.2, -0.15) is 0 Å². The normalized spacial score (nSPS) is 11.6. The van der Waals surface area contributed by atoms with Crippen LogP contribution in [0.15, 0.2) is 231 Å². The molecular weight excluding hydrogens is 793 g/mol. The van der Waals surface area contributed by atoms with Crippen LogP contribution in [0.3, 0.4) is 0 Å². The van der Waals surface area contributed by atoms with E-state index in [0.717, 1.165) is 44.5 Å². The van der Waals surface area contributed by atoms with Gasteiger partial charge < -0.3 is 4.57 Å². The number of benzene rings is 9. The van der Waals surface area contributed by atoms with E-state index in [-0.39, 0.29) is 0 Å². The van der Waals surface area contributed by atoms with Crippen molar-refractivity contribution < 1.29 is 0 Å². The van der Waals surface area contributed by atoms with Gasteiger partial charge in [0, 0.05) is 27.5 Å². The molecule has 64 heavy (non-hydrogen) atoms. The molecule has 2 aromatic heterocycles. The van der Waals surface area contributed by atoms with Crippen LogP contribution in [0.25, 0.3) is 72.8 Å². The number of aryl methyl sites for hydroxylation is 2. The Kier molecular flexibility index (Phi) is 9.95. The third-order valence-corrected chi connectivity index (χ3v) is 17.3. The highest BCUT2D eigenvalue weighted by molar-refractivity contribution is 7.19. The van der Waals surface area contributed by atoms with Crippen molar-refractivity contribution in [2.45, 2.75) is 13.8 Å². The molecule has 0 saturated heterocycles. The van der Waals surface area contributed by atoms with Crippen LogP contribution in [0.2, 0.25) is 0 Å². The number of nitrogens with zero attached hydrogens (tertiary/aromatic N) is 4. The van der Waals surface area contributed by atoms with Crippen LogP contribution < -0.4 is 20.7 Å². The monoisotopic (exact) mass is 836 g/mol. The summed E-state index contributed by atoms with van der Waals surface area (Å²) in [5.41, 5.74) is 10.7. The largest absolute Gasteiger partial charge is 0.308 e. The van der Waals surface area contributed by atoms with E-state index in [0.29, 0.717) is 17.5 Å². The highest BCUT2D eigenvalue weighted by atomic mass is 28.3. The lowest BCUT2D eigenvalue weighted by atomic mass is 10.0. The molecule has 0 bridgehead atoms. The van der Waals surface area contributed by atoms with Crippen LogP contribution in [0, 0.1) is 13.8 Å². The van der Waals surface area contributed by atoms with Crippen LogP contribution in [0.5, 0.6) is 0 Å². The van der Waals surface area contributed by atoms with Crippen LogP contribution in [-0.2, 0) is 0 Å². The van der Waals surface area contributed by atoms with Crippen molar-refractivity contribution in [2.24, 2.45) is 0 Å². The van der Waals surface area contributed by atoms with Gasteiger partial charge in [-0.3, -0.25) is 0 Å². The maximum absolute atomic E-state index is 5.35. The molecular formula is C59H44N4Si. The Hall–Kier alpha value is -7.99. The first-order valence-corrected chi connectivity index (χ1v) is 23.9. The first-order valence-electron chi connectivity index (χ1n) is 21.9. The van der Waals surface area contributed by atoms with E-state index in [1.807, 2.05) is 36.4 Å². The molecule has 0 radical (unpaired) electrons. The Morgan fingerprint density at radius 2 is 0.734 bits per heavy atom. The zero-order chi connectivity index (χ0) is 43.0. The molecule has 0 aliphatic heterocycles. The lowest BCUT2D eigenvalue weighted by molar-refractivity contribution is 1.06. The van der Waals surface area contributed by atoms with Crippen molar-refractivity contribution in [1.82, 2.24) is 19.5 Å². The lowest BCUT2D eigenvalue weighted by Crippen LogP contribution is -2.74. The second-order valence-electron chi connectivity index (χ2n) is 16.6. The molecule has 0 atom stereocenters. The molecule has 0 amide bonds. The Balaban J connectivity index is 1.20. The van der Waals surface area contributed by atoms with Gasteiger partial charge in [-0.25, -0.2) is 15.0 Å². The van der Waals surface area contributed by atoms with Gasteiger partial charge in [0.2, 0.25) is 0 Å². The maximum atomic E-state index is 5.35. The van der Waals surface area contributed by atoms with Crippen LogP contribution in [0.4, 0.5) is 0 Å². The first-order chi connectivity index (χ1) is 31.5. The van der Waals surface area contributed by atoms with Gasteiger partial charge in [0.05, 0.1) is 16.7 Å². The molecule has 0 N–H and O–H groups in total. The molecule has 0 spiro atoms. The number of hydrogen-bond donors (Lipinski definition) is 0. The molecule has 11 aromatic rings. The van der Waals surface area contributed by atoms with Gasteiger partial charge in [0.15, 0.2) is 25.5 Å². The number of hydrogen-bond acceptors (Lipinski definition) is 3. The van der Waals surface area contributed by atoms with Crippen molar-refractivity contribution in [3.05, 3.63) is 242 Å². The maximum Gasteiger partial charge on any atom is 0.179 e. The van der Waals surface area contributed by atoms with E-state index in [4.69, 9.17) is 15.0 Å². The van der Waals surface area contributed by atoms with Gasteiger partial charge in [-0.1, -0.05) is 206 Å². The summed E-state index contributed by atoms with van der Waals surface area (Å²) in [5.74, 6) is 1.86. The van der Waals surface area contributed by atoms with Crippen LogP contribution in [0.1, 0.15) is 11.1 Å². The standard InChI is InChI=1S/C59H44N4Si/c1-41-31-34-51-52-35-32-42(2)38-56(52)63(55(51)37-41)54-36-33-46(40-53(54)59-61-57(43-19-8-3-9-20-43)60-58(62-59)44-21-10-4-11-22-44)45-23-18-30-50(39-45)64(47-24-12-5-13-25-47,48-26-14-6-15-27-48)49-28-16-7-17-29-49/h3-40H,1-2H3. The first kappa shape index (κ1) is 38.9. The van der Waals surface area contributed by atoms with Crippen molar-refractivity contribution in [3.8, 4) is 51.0 Å². The van der Waals surface area contributed by atoms with Gasteiger partial charge in [0.25, 0.3) is 0 Å². The van der Waals surface area contributed by atoms with Gasteiger partial charge in [0.1, 0.15) is 0 Å². The fraction of sp³-hybridized carbons (Fsp3) is 0.0339. The quantitative estimate of drug-likeness (QED) is 0.107. The van der Waals surface area contributed by atoms with Crippen molar-refractivity contribution in [3.63, 3.8) is 0 Å². The molecule has 9 aromatic carbocycles. The highest BCUT2D eigenvalue weighted by Gasteiger charge is 2.41. The van der Waals surface area contributed by atoms with Crippen LogP contribution in [-0.4, -0.2) is 27.6 Å². The van der Waals surface area contributed by atoms with E-state index in [1.165, 1.54) is 42.6 Å². The fourth-order valence-corrected chi connectivity index (χ4v) is 14.3. The van der Waals surface area contributed by atoms with Crippen molar-refractivity contribution >= 4 is 50.6 Å². The molecule has 0 aliphatic rings. The minimum Gasteiger partial charge on any atom is -0.308 e. The van der Waals surface area contributed by atoms with E-state index in [9.17, 15) is 0 Å². The molecule has 0 unspecified atom stereocenters.